The molecule has 0 amide bonds. The van der Waals surface area contributed by atoms with Crippen LogP contribution >= 0.6 is 0 Å². The van der Waals surface area contributed by atoms with Gasteiger partial charge in [-0.25, -0.2) is 29.3 Å². The van der Waals surface area contributed by atoms with Crippen LogP contribution in [0.15, 0.2) is 91.3 Å². The minimum atomic E-state index is -0.289. The molecule has 11 heteroatoms. The smallest absolute Gasteiger partial charge is 0.234 e. The van der Waals surface area contributed by atoms with Crippen LogP contribution in [0.5, 0.6) is 0 Å². The molecule has 0 unspecified atom stereocenters. The summed E-state index contributed by atoms with van der Waals surface area (Å²) in [5.74, 6) is 1.81. The van der Waals surface area contributed by atoms with Gasteiger partial charge in [0.15, 0.2) is 11.5 Å². The molecule has 0 atom stereocenters. The van der Waals surface area contributed by atoms with Gasteiger partial charge in [0.25, 0.3) is 0 Å². The van der Waals surface area contributed by atoms with E-state index in [0.717, 1.165) is 79.4 Å². The Hall–Kier alpha value is -5.73. The van der Waals surface area contributed by atoms with E-state index in [1.807, 2.05) is 41.0 Å². The standard InChI is InChI=1S/C36H31FN10/c37-26-7-5-25(6-8-26)29-11-12-30-35(42-29)47(34(43-30)28-2-1-16-41-33(28)39)27-9-3-24(4-10-27)21-45-22-36(23-45)14-18-46(19-15-36)32-13-17-40-31(20-38)44-32/h1-13,16-17H,14-15,18-19,21-23H2,(H2,39,41). The van der Waals surface area contributed by atoms with Crippen LogP contribution in [-0.2, 0) is 6.54 Å². The van der Waals surface area contributed by atoms with E-state index in [1.165, 1.54) is 17.7 Å². The van der Waals surface area contributed by atoms with E-state index >= 15 is 0 Å². The number of pyridine rings is 2. The van der Waals surface area contributed by atoms with Gasteiger partial charge in [0, 0.05) is 56.4 Å². The molecule has 10 nitrogen and oxygen atoms in total. The summed E-state index contributed by atoms with van der Waals surface area (Å²) in [6, 6.07) is 26.4. The van der Waals surface area contributed by atoms with E-state index in [0.29, 0.717) is 22.7 Å². The summed E-state index contributed by atoms with van der Waals surface area (Å²) in [6.07, 6.45) is 5.54. The zero-order valence-electron chi connectivity index (χ0n) is 25.6. The van der Waals surface area contributed by atoms with Gasteiger partial charge in [0.05, 0.1) is 11.3 Å². The number of imidazole rings is 1. The predicted octanol–water partition coefficient (Wildman–Crippen LogP) is 5.63. The van der Waals surface area contributed by atoms with Gasteiger partial charge < -0.3 is 10.6 Å². The Morgan fingerprint density at radius 2 is 1.64 bits per heavy atom. The van der Waals surface area contributed by atoms with Gasteiger partial charge >= 0.3 is 0 Å². The number of rotatable bonds is 6. The molecule has 0 bridgehead atoms. The number of hydrogen-bond acceptors (Lipinski definition) is 9. The van der Waals surface area contributed by atoms with Crippen molar-refractivity contribution in [1.82, 2.24) is 34.4 Å². The SMILES string of the molecule is N#Cc1nccc(N2CCC3(CC2)CN(Cc2ccc(-n4c(-c5cccnc5N)nc5ccc(-c6ccc(F)cc6)nc54)cc2)C3)n1. The van der Waals surface area contributed by atoms with E-state index in [2.05, 4.69) is 49.0 Å². The molecule has 47 heavy (non-hydrogen) atoms. The monoisotopic (exact) mass is 622 g/mol. The number of nitrogens with two attached hydrogens (primary N) is 1. The summed E-state index contributed by atoms with van der Waals surface area (Å²) < 4.78 is 15.6. The molecular formula is C36H31FN10. The van der Waals surface area contributed by atoms with Crippen molar-refractivity contribution in [3.8, 4) is 34.4 Å². The van der Waals surface area contributed by atoms with Crippen LogP contribution in [-0.4, -0.2) is 60.6 Å². The number of benzene rings is 2. The number of fused-ring (bicyclic) bond motifs is 1. The molecule has 8 rings (SSSR count). The topological polar surface area (TPSA) is 126 Å². The third-order valence-corrected chi connectivity index (χ3v) is 9.33. The molecule has 2 N–H and O–H groups in total. The van der Waals surface area contributed by atoms with Crippen LogP contribution in [0.4, 0.5) is 16.0 Å². The highest BCUT2D eigenvalue weighted by atomic mass is 19.1. The normalized spacial score (nSPS) is 15.9. The van der Waals surface area contributed by atoms with Crippen molar-refractivity contribution < 1.29 is 4.39 Å². The summed E-state index contributed by atoms with van der Waals surface area (Å²) in [6.45, 7) is 4.89. The zero-order chi connectivity index (χ0) is 32.0. The van der Waals surface area contributed by atoms with E-state index in [-0.39, 0.29) is 11.6 Å². The average Bonchev–Trinajstić information content (AvgIpc) is 3.47. The van der Waals surface area contributed by atoms with Gasteiger partial charge in [-0.15, -0.1) is 0 Å². The molecule has 2 fully saturated rings. The van der Waals surface area contributed by atoms with Crippen LogP contribution in [0.25, 0.3) is 39.5 Å². The molecule has 2 aromatic carbocycles. The van der Waals surface area contributed by atoms with Gasteiger partial charge in [-0.1, -0.05) is 12.1 Å². The van der Waals surface area contributed by atoms with Crippen molar-refractivity contribution in [2.45, 2.75) is 19.4 Å². The first-order chi connectivity index (χ1) is 23.0. The van der Waals surface area contributed by atoms with E-state index < -0.39 is 0 Å². The van der Waals surface area contributed by atoms with Crippen LogP contribution in [0.2, 0.25) is 0 Å². The van der Waals surface area contributed by atoms with E-state index in [4.69, 9.17) is 21.0 Å². The van der Waals surface area contributed by atoms with Crippen molar-refractivity contribution in [1.29, 1.82) is 5.26 Å². The second-order valence-electron chi connectivity index (χ2n) is 12.4. The van der Waals surface area contributed by atoms with Crippen LogP contribution in [0, 0.1) is 22.6 Å². The summed E-state index contributed by atoms with van der Waals surface area (Å²) >= 11 is 0. The fourth-order valence-corrected chi connectivity index (χ4v) is 6.90. The van der Waals surface area contributed by atoms with Gasteiger partial charge in [-0.05, 0) is 90.6 Å². The highest BCUT2D eigenvalue weighted by Crippen LogP contribution is 2.42. The largest absolute Gasteiger partial charge is 0.383 e. The summed E-state index contributed by atoms with van der Waals surface area (Å²) in [5, 5.41) is 9.15. The molecule has 6 aromatic rings. The highest BCUT2D eigenvalue weighted by Gasteiger charge is 2.44. The second-order valence-corrected chi connectivity index (χ2v) is 12.4. The molecule has 232 valence electrons. The van der Waals surface area contributed by atoms with E-state index in [1.54, 1.807) is 24.5 Å². The average molecular weight is 623 g/mol. The molecule has 2 aliphatic rings. The van der Waals surface area contributed by atoms with Crippen molar-refractivity contribution in [3.05, 3.63) is 108 Å². The third kappa shape index (κ3) is 5.42. The first kappa shape index (κ1) is 28.7. The molecule has 4 aromatic heterocycles. The zero-order valence-corrected chi connectivity index (χ0v) is 25.6. The third-order valence-electron chi connectivity index (χ3n) is 9.33. The Balaban J connectivity index is 1.02. The van der Waals surface area contributed by atoms with E-state index in [9.17, 15) is 4.39 Å². The maximum atomic E-state index is 13.6. The second kappa shape index (κ2) is 11.6. The molecule has 6 heterocycles. The van der Waals surface area contributed by atoms with Crippen LogP contribution < -0.4 is 10.6 Å². The number of nitrogen functional groups attached to an aromatic ring is 1. The van der Waals surface area contributed by atoms with Crippen molar-refractivity contribution in [3.63, 3.8) is 0 Å². The fraction of sp³-hybridized carbons (Fsp3) is 0.222. The summed E-state index contributed by atoms with van der Waals surface area (Å²) in [7, 11) is 0. The van der Waals surface area contributed by atoms with Gasteiger partial charge in [-0.2, -0.15) is 5.26 Å². The van der Waals surface area contributed by atoms with Crippen molar-refractivity contribution in [2.24, 2.45) is 5.41 Å². The highest BCUT2D eigenvalue weighted by molar-refractivity contribution is 5.84. The lowest BCUT2D eigenvalue weighted by Crippen LogP contribution is -2.59. The minimum absolute atomic E-state index is 0.216. The molecule has 0 radical (unpaired) electrons. The molecule has 2 saturated heterocycles. The van der Waals surface area contributed by atoms with Crippen LogP contribution in [0.1, 0.15) is 24.2 Å². The number of nitrogens with zero attached hydrogens (tertiary/aromatic N) is 9. The fourth-order valence-electron chi connectivity index (χ4n) is 6.90. The molecule has 0 aliphatic carbocycles. The number of aromatic nitrogens is 6. The molecule has 0 saturated carbocycles. The Labute approximate surface area is 271 Å². The Kier molecular flexibility index (Phi) is 7.07. The summed E-state index contributed by atoms with van der Waals surface area (Å²) in [4.78, 5) is 27.4. The first-order valence-electron chi connectivity index (χ1n) is 15.6. The Bertz CT molecular complexity index is 2120. The number of hydrogen-bond donors (Lipinski definition) is 1. The summed E-state index contributed by atoms with van der Waals surface area (Å²) in [5.41, 5.74) is 12.5. The molecule has 2 aliphatic heterocycles. The first-order valence-corrected chi connectivity index (χ1v) is 15.6. The predicted molar refractivity (Wildman–Crippen MR) is 178 cm³/mol. The lowest BCUT2D eigenvalue weighted by Gasteiger charge is -2.54. The Morgan fingerprint density at radius 3 is 2.38 bits per heavy atom. The Morgan fingerprint density at radius 1 is 0.851 bits per heavy atom. The number of halogens is 1. The maximum absolute atomic E-state index is 13.6. The quantitative estimate of drug-likeness (QED) is 0.251. The lowest BCUT2D eigenvalue weighted by molar-refractivity contribution is -0.0240. The van der Waals surface area contributed by atoms with Gasteiger partial charge in [0.1, 0.15) is 29.0 Å². The molecule has 1 spiro atoms. The number of likely N-dealkylation sites (tertiary alicyclic amines) is 1. The number of piperidine rings is 1. The maximum Gasteiger partial charge on any atom is 0.234 e. The minimum Gasteiger partial charge on any atom is -0.383 e. The van der Waals surface area contributed by atoms with Crippen molar-refractivity contribution >= 4 is 22.8 Å². The van der Waals surface area contributed by atoms with Crippen molar-refractivity contribution in [2.75, 3.05) is 36.8 Å². The van der Waals surface area contributed by atoms with Gasteiger partial charge in [-0.3, -0.25) is 9.47 Å². The lowest BCUT2D eigenvalue weighted by atomic mass is 9.72. The van der Waals surface area contributed by atoms with Gasteiger partial charge in [0.2, 0.25) is 5.82 Å². The van der Waals surface area contributed by atoms with Crippen LogP contribution in [0.3, 0.4) is 0 Å². The number of anilines is 2. The molecular weight excluding hydrogens is 591 g/mol. The number of nitriles is 1.